The van der Waals surface area contributed by atoms with Crippen LogP contribution in [-0.4, -0.2) is 24.8 Å². The summed E-state index contributed by atoms with van der Waals surface area (Å²) in [7, 11) is 0. The van der Waals surface area contributed by atoms with E-state index >= 15 is 0 Å². The number of ether oxygens (including phenoxy) is 4. The van der Waals surface area contributed by atoms with Crippen LogP contribution in [-0.2, 0) is 4.79 Å². The van der Waals surface area contributed by atoms with Crippen molar-refractivity contribution in [1.82, 2.24) is 0 Å². The van der Waals surface area contributed by atoms with Crippen LogP contribution >= 0.6 is 0 Å². The maximum atomic E-state index is 12.9. The molecule has 5 nitrogen and oxygen atoms in total. The quantitative estimate of drug-likeness (QED) is 0.635. The summed E-state index contributed by atoms with van der Waals surface area (Å²) in [5, 5.41) is 0. The lowest BCUT2D eigenvalue weighted by Gasteiger charge is -2.24. The van der Waals surface area contributed by atoms with Crippen LogP contribution < -0.4 is 18.9 Å². The molecule has 0 spiro atoms. The molecule has 0 amide bonds. The number of benzene rings is 2. The molecule has 0 radical (unpaired) electrons. The Labute approximate surface area is 138 Å². The first-order chi connectivity index (χ1) is 11.4. The summed E-state index contributed by atoms with van der Waals surface area (Å²) in [6, 6.07) is 10.3. The Morgan fingerprint density at radius 3 is 2.33 bits per heavy atom. The number of carbonyl (C=O) groups excluding carboxylic acids is 1. The van der Waals surface area contributed by atoms with Crippen molar-refractivity contribution in [1.29, 1.82) is 0 Å². The number of carbonyl (C=O) groups is 1. The summed E-state index contributed by atoms with van der Waals surface area (Å²) in [5.41, 5.74) is -1.24. The van der Waals surface area contributed by atoms with E-state index in [9.17, 15) is 9.18 Å². The largest absolute Gasteiger partial charge is 0.486 e. The van der Waals surface area contributed by atoms with Crippen molar-refractivity contribution in [2.24, 2.45) is 0 Å². The average molecular weight is 332 g/mol. The number of hydrogen-bond donors (Lipinski definition) is 0. The highest BCUT2D eigenvalue weighted by Gasteiger charge is 2.32. The van der Waals surface area contributed by atoms with Gasteiger partial charge in [-0.1, -0.05) is 0 Å². The van der Waals surface area contributed by atoms with Crippen molar-refractivity contribution in [3.63, 3.8) is 0 Å². The molecule has 0 saturated heterocycles. The number of hydrogen-bond acceptors (Lipinski definition) is 5. The fourth-order valence-corrected chi connectivity index (χ4v) is 2.16. The van der Waals surface area contributed by atoms with Gasteiger partial charge in [-0.05, 0) is 50.2 Å². The van der Waals surface area contributed by atoms with Gasteiger partial charge in [-0.3, -0.25) is 0 Å². The first-order valence-electron chi connectivity index (χ1n) is 7.50. The summed E-state index contributed by atoms with van der Waals surface area (Å²) in [6.07, 6.45) is 0. The number of fused-ring (bicyclic) bond motifs is 1. The molecule has 0 saturated carbocycles. The van der Waals surface area contributed by atoms with Crippen LogP contribution in [0.1, 0.15) is 13.8 Å². The summed E-state index contributed by atoms with van der Waals surface area (Å²) in [4.78, 5) is 12.4. The summed E-state index contributed by atoms with van der Waals surface area (Å²) >= 11 is 0. The minimum absolute atomic E-state index is 0.333. The molecule has 6 heteroatoms. The molecule has 1 heterocycles. The molecule has 3 rings (SSSR count). The zero-order valence-electron chi connectivity index (χ0n) is 13.4. The van der Waals surface area contributed by atoms with Crippen LogP contribution in [0.4, 0.5) is 4.39 Å². The highest BCUT2D eigenvalue weighted by atomic mass is 19.1. The molecule has 0 aromatic heterocycles. The van der Waals surface area contributed by atoms with Crippen LogP contribution in [0.2, 0.25) is 0 Å². The molecule has 0 aliphatic carbocycles. The van der Waals surface area contributed by atoms with Gasteiger partial charge < -0.3 is 18.9 Å². The second-order valence-corrected chi connectivity index (χ2v) is 5.76. The van der Waals surface area contributed by atoms with E-state index in [4.69, 9.17) is 18.9 Å². The van der Waals surface area contributed by atoms with Gasteiger partial charge in [-0.2, -0.15) is 0 Å². The predicted octanol–water partition coefficient (Wildman–Crippen LogP) is 3.36. The Morgan fingerprint density at radius 2 is 1.62 bits per heavy atom. The normalized spacial score (nSPS) is 13.3. The number of rotatable bonds is 4. The topological polar surface area (TPSA) is 54.0 Å². The van der Waals surface area contributed by atoms with Crippen LogP contribution in [0.25, 0.3) is 0 Å². The van der Waals surface area contributed by atoms with Crippen molar-refractivity contribution < 1.29 is 28.1 Å². The van der Waals surface area contributed by atoms with E-state index in [1.165, 1.54) is 24.3 Å². The molecule has 0 unspecified atom stereocenters. The predicted molar refractivity (Wildman–Crippen MR) is 84.2 cm³/mol. The maximum absolute atomic E-state index is 12.9. The van der Waals surface area contributed by atoms with Crippen LogP contribution in [0.15, 0.2) is 42.5 Å². The van der Waals surface area contributed by atoms with Crippen LogP contribution in [0.5, 0.6) is 23.0 Å². The van der Waals surface area contributed by atoms with Crippen molar-refractivity contribution in [2.45, 2.75) is 19.4 Å². The minimum atomic E-state index is -1.24. The lowest BCUT2D eigenvalue weighted by atomic mass is 10.1. The fourth-order valence-electron chi connectivity index (χ4n) is 2.16. The van der Waals surface area contributed by atoms with Crippen molar-refractivity contribution in [2.75, 3.05) is 13.2 Å². The van der Waals surface area contributed by atoms with E-state index in [1.54, 1.807) is 32.0 Å². The van der Waals surface area contributed by atoms with Gasteiger partial charge in [-0.15, -0.1) is 0 Å². The van der Waals surface area contributed by atoms with E-state index in [0.717, 1.165) is 0 Å². The van der Waals surface area contributed by atoms with Gasteiger partial charge in [0.2, 0.25) is 5.60 Å². The molecule has 1 aliphatic heterocycles. The molecule has 0 N–H and O–H groups in total. The molecule has 126 valence electrons. The first kappa shape index (κ1) is 16.1. The van der Waals surface area contributed by atoms with Crippen molar-refractivity contribution in [3.05, 3.63) is 48.3 Å². The van der Waals surface area contributed by atoms with Gasteiger partial charge >= 0.3 is 5.97 Å². The van der Waals surface area contributed by atoms with Gasteiger partial charge in [0.05, 0.1) is 0 Å². The Bertz CT molecular complexity index is 740. The zero-order chi connectivity index (χ0) is 17.2. The van der Waals surface area contributed by atoms with Crippen LogP contribution in [0, 0.1) is 5.82 Å². The SMILES string of the molecule is CC(C)(Oc1ccc(F)cc1)C(=O)Oc1ccc2c(c1)OCCO2. The lowest BCUT2D eigenvalue weighted by Crippen LogP contribution is -2.41. The monoisotopic (exact) mass is 332 g/mol. The lowest BCUT2D eigenvalue weighted by molar-refractivity contribution is -0.149. The summed E-state index contributed by atoms with van der Waals surface area (Å²) in [6.45, 7) is 4.10. The standard InChI is InChI=1S/C18H17FO5/c1-18(2,24-13-5-3-12(19)4-6-13)17(20)23-14-7-8-15-16(11-14)22-10-9-21-15/h3-8,11H,9-10H2,1-2H3. The molecule has 2 aromatic carbocycles. The molecule has 0 fully saturated rings. The number of esters is 1. The first-order valence-corrected chi connectivity index (χ1v) is 7.50. The minimum Gasteiger partial charge on any atom is -0.486 e. The molecule has 2 aromatic rings. The third kappa shape index (κ3) is 3.59. The summed E-state index contributed by atoms with van der Waals surface area (Å²) in [5.74, 6) is 0.898. The zero-order valence-corrected chi connectivity index (χ0v) is 13.4. The Kier molecular flexibility index (Phi) is 4.29. The van der Waals surface area contributed by atoms with E-state index in [-0.39, 0.29) is 5.82 Å². The Balaban J connectivity index is 1.69. The third-order valence-electron chi connectivity index (χ3n) is 3.40. The van der Waals surface area contributed by atoms with Crippen molar-refractivity contribution >= 4 is 5.97 Å². The Hall–Kier alpha value is -2.76. The molecule has 0 atom stereocenters. The van der Waals surface area contributed by atoms with E-state index in [0.29, 0.717) is 36.2 Å². The molecule has 0 bridgehead atoms. The highest BCUT2D eigenvalue weighted by molar-refractivity contribution is 5.81. The molecular formula is C18H17FO5. The molecular weight excluding hydrogens is 315 g/mol. The molecule has 1 aliphatic rings. The number of halogens is 1. The van der Waals surface area contributed by atoms with Crippen LogP contribution in [0.3, 0.4) is 0 Å². The second kappa shape index (κ2) is 6.39. The second-order valence-electron chi connectivity index (χ2n) is 5.76. The van der Waals surface area contributed by atoms with E-state index in [2.05, 4.69) is 0 Å². The van der Waals surface area contributed by atoms with Gasteiger partial charge in [0.25, 0.3) is 0 Å². The van der Waals surface area contributed by atoms with Gasteiger partial charge in [0.1, 0.15) is 30.5 Å². The van der Waals surface area contributed by atoms with Crippen molar-refractivity contribution in [3.8, 4) is 23.0 Å². The Morgan fingerprint density at radius 1 is 1.00 bits per heavy atom. The molecule has 24 heavy (non-hydrogen) atoms. The van der Waals surface area contributed by atoms with Gasteiger partial charge in [0.15, 0.2) is 11.5 Å². The van der Waals surface area contributed by atoms with Gasteiger partial charge in [0, 0.05) is 6.07 Å². The van der Waals surface area contributed by atoms with E-state index in [1.807, 2.05) is 0 Å². The smallest absolute Gasteiger partial charge is 0.355 e. The maximum Gasteiger partial charge on any atom is 0.355 e. The average Bonchev–Trinajstić information content (AvgIpc) is 2.56. The fraction of sp³-hybridized carbons (Fsp3) is 0.278. The van der Waals surface area contributed by atoms with E-state index < -0.39 is 11.6 Å². The third-order valence-corrected chi connectivity index (χ3v) is 3.40. The highest BCUT2D eigenvalue weighted by Crippen LogP contribution is 2.34. The van der Waals surface area contributed by atoms with Gasteiger partial charge in [-0.25, -0.2) is 9.18 Å². The summed E-state index contributed by atoms with van der Waals surface area (Å²) < 4.78 is 34.8.